The number of carbonyl (C=O) groups excluding carboxylic acids is 2. The number of para-hydroxylation sites is 1. The van der Waals surface area contributed by atoms with Crippen molar-refractivity contribution in [3.63, 3.8) is 0 Å². The Hall–Kier alpha value is -2.88. The third-order valence-corrected chi connectivity index (χ3v) is 5.07. The highest BCUT2D eigenvalue weighted by atomic mass is 16.2. The van der Waals surface area contributed by atoms with Gasteiger partial charge in [-0.15, -0.1) is 0 Å². The van der Waals surface area contributed by atoms with Gasteiger partial charge in [0.25, 0.3) is 0 Å². The Kier molecular flexibility index (Phi) is 4.11. The van der Waals surface area contributed by atoms with Gasteiger partial charge in [0.1, 0.15) is 0 Å². The third kappa shape index (κ3) is 2.62. The molecule has 0 saturated carbocycles. The van der Waals surface area contributed by atoms with Crippen molar-refractivity contribution < 1.29 is 9.59 Å². The molecule has 1 atom stereocenters. The van der Waals surface area contributed by atoms with E-state index in [4.69, 9.17) is 0 Å². The highest BCUT2D eigenvalue weighted by molar-refractivity contribution is 6.23. The number of carbonyl (C=O) groups is 2. The zero-order valence-corrected chi connectivity index (χ0v) is 15.1. The van der Waals surface area contributed by atoms with Crippen LogP contribution < -0.4 is 4.90 Å². The van der Waals surface area contributed by atoms with Crippen molar-refractivity contribution in [1.82, 2.24) is 4.57 Å². The van der Waals surface area contributed by atoms with Gasteiger partial charge in [0.2, 0.25) is 11.8 Å². The van der Waals surface area contributed by atoms with Gasteiger partial charge in [0, 0.05) is 30.1 Å². The quantitative estimate of drug-likeness (QED) is 0.657. The van der Waals surface area contributed by atoms with E-state index in [0.29, 0.717) is 5.69 Å². The van der Waals surface area contributed by atoms with Crippen LogP contribution in [0.3, 0.4) is 0 Å². The van der Waals surface area contributed by atoms with Crippen LogP contribution in [-0.4, -0.2) is 16.4 Å². The van der Waals surface area contributed by atoms with Crippen molar-refractivity contribution in [2.45, 2.75) is 39.2 Å². The first-order chi connectivity index (χ1) is 12.6. The number of fused-ring (bicyclic) bond motifs is 1. The molecule has 1 saturated heterocycles. The maximum absolute atomic E-state index is 13.1. The van der Waals surface area contributed by atoms with E-state index < -0.39 is 5.92 Å². The predicted molar refractivity (Wildman–Crippen MR) is 103 cm³/mol. The van der Waals surface area contributed by atoms with Crippen molar-refractivity contribution in [3.8, 4) is 0 Å². The number of imide groups is 1. The van der Waals surface area contributed by atoms with E-state index in [2.05, 4.69) is 23.8 Å². The molecule has 1 aliphatic heterocycles. The number of rotatable bonds is 4. The molecule has 2 aromatic carbocycles. The zero-order chi connectivity index (χ0) is 18.3. The summed E-state index contributed by atoms with van der Waals surface area (Å²) in [6.45, 7) is 5.00. The molecule has 2 amide bonds. The topological polar surface area (TPSA) is 42.3 Å². The SMILES string of the molecule is CCCn1cc([C@H]2CC(=O)N(c3cccc(C)c3)C2=O)c2ccccc21. The molecule has 2 heterocycles. The average Bonchev–Trinajstić information content (AvgIpc) is 3.13. The van der Waals surface area contributed by atoms with E-state index in [0.717, 1.165) is 35.0 Å². The second kappa shape index (κ2) is 6.45. The van der Waals surface area contributed by atoms with E-state index >= 15 is 0 Å². The van der Waals surface area contributed by atoms with Crippen LogP contribution >= 0.6 is 0 Å². The lowest BCUT2D eigenvalue weighted by atomic mass is 9.97. The highest BCUT2D eigenvalue weighted by Crippen LogP contribution is 2.37. The predicted octanol–water partition coefficient (Wildman–Crippen LogP) is 4.41. The minimum absolute atomic E-state index is 0.125. The Bertz CT molecular complexity index is 1000. The molecule has 0 spiro atoms. The van der Waals surface area contributed by atoms with Crippen LogP contribution in [-0.2, 0) is 16.1 Å². The van der Waals surface area contributed by atoms with Crippen molar-refractivity contribution in [3.05, 3.63) is 65.9 Å². The van der Waals surface area contributed by atoms with E-state index in [9.17, 15) is 9.59 Å². The Morgan fingerprint density at radius 3 is 2.65 bits per heavy atom. The summed E-state index contributed by atoms with van der Waals surface area (Å²) in [6.07, 6.45) is 3.31. The van der Waals surface area contributed by atoms with Crippen LogP contribution in [0.1, 0.15) is 36.8 Å². The normalized spacial score (nSPS) is 17.5. The Morgan fingerprint density at radius 1 is 1.08 bits per heavy atom. The molecule has 4 nitrogen and oxygen atoms in total. The van der Waals surface area contributed by atoms with Gasteiger partial charge in [-0.1, -0.05) is 37.3 Å². The van der Waals surface area contributed by atoms with Gasteiger partial charge in [-0.05, 0) is 42.7 Å². The molecular formula is C22H22N2O2. The zero-order valence-electron chi connectivity index (χ0n) is 15.1. The number of aryl methyl sites for hydroxylation is 2. The van der Waals surface area contributed by atoms with Crippen LogP contribution in [0.4, 0.5) is 5.69 Å². The minimum atomic E-state index is -0.411. The lowest BCUT2D eigenvalue weighted by Crippen LogP contribution is -2.30. The fourth-order valence-corrected chi connectivity index (χ4v) is 3.89. The number of hydrogen-bond donors (Lipinski definition) is 0. The van der Waals surface area contributed by atoms with Crippen LogP contribution in [0.5, 0.6) is 0 Å². The molecule has 3 aromatic rings. The molecule has 4 heteroatoms. The highest BCUT2D eigenvalue weighted by Gasteiger charge is 2.41. The van der Waals surface area contributed by atoms with Gasteiger partial charge >= 0.3 is 0 Å². The summed E-state index contributed by atoms with van der Waals surface area (Å²) in [6, 6.07) is 15.7. The van der Waals surface area contributed by atoms with Gasteiger partial charge < -0.3 is 4.57 Å². The van der Waals surface area contributed by atoms with Crippen LogP contribution in [0, 0.1) is 6.92 Å². The molecule has 0 radical (unpaired) electrons. The van der Waals surface area contributed by atoms with Crippen LogP contribution in [0.25, 0.3) is 10.9 Å². The summed E-state index contributed by atoms with van der Waals surface area (Å²) in [5.74, 6) is -0.663. The summed E-state index contributed by atoms with van der Waals surface area (Å²) >= 11 is 0. The Balaban J connectivity index is 1.77. The summed E-state index contributed by atoms with van der Waals surface area (Å²) in [7, 11) is 0. The van der Waals surface area contributed by atoms with Gasteiger partial charge in [-0.25, -0.2) is 4.90 Å². The molecule has 0 aliphatic carbocycles. The number of hydrogen-bond acceptors (Lipinski definition) is 2. The summed E-state index contributed by atoms with van der Waals surface area (Å²) < 4.78 is 2.19. The summed E-state index contributed by atoms with van der Waals surface area (Å²) in [4.78, 5) is 27.1. The van der Waals surface area contributed by atoms with Gasteiger partial charge in [0.05, 0.1) is 11.6 Å². The van der Waals surface area contributed by atoms with Crippen molar-refractivity contribution in [2.75, 3.05) is 4.90 Å². The number of aromatic nitrogens is 1. The second-order valence-electron chi connectivity index (χ2n) is 6.96. The van der Waals surface area contributed by atoms with Gasteiger partial charge in [0.15, 0.2) is 0 Å². The molecular weight excluding hydrogens is 324 g/mol. The first-order valence-electron chi connectivity index (χ1n) is 9.11. The Morgan fingerprint density at radius 2 is 1.88 bits per heavy atom. The van der Waals surface area contributed by atoms with E-state index in [1.807, 2.05) is 49.4 Å². The summed E-state index contributed by atoms with van der Waals surface area (Å²) in [5, 5.41) is 1.07. The molecule has 26 heavy (non-hydrogen) atoms. The number of anilines is 1. The largest absolute Gasteiger partial charge is 0.347 e. The molecule has 0 bridgehead atoms. The maximum atomic E-state index is 13.1. The molecule has 0 N–H and O–H groups in total. The van der Waals surface area contributed by atoms with Gasteiger partial charge in [-0.3, -0.25) is 9.59 Å². The van der Waals surface area contributed by atoms with E-state index in [-0.39, 0.29) is 18.2 Å². The second-order valence-corrected chi connectivity index (χ2v) is 6.96. The first-order valence-corrected chi connectivity index (χ1v) is 9.11. The summed E-state index contributed by atoms with van der Waals surface area (Å²) in [5.41, 5.74) is 3.78. The monoisotopic (exact) mass is 346 g/mol. The average molecular weight is 346 g/mol. The van der Waals surface area contributed by atoms with Crippen molar-refractivity contribution >= 4 is 28.4 Å². The molecule has 0 unspecified atom stereocenters. The smallest absolute Gasteiger partial charge is 0.241 e. The van der Waals surface area contributed by atoms with Crippen LogP contribution in [0.15, 0.2) is 54.7 Å². The third-order valence-electron chi connectivity index (χ3n) is 5.07. The number of nitrogens with zero attached hydrogens (tertiary/aromatic N) is 2. The van der Waals surface area contributed by atoms with E-state index in [1.165, 1.54) is 4.90 Å². The van der Waals surface area contributed by atoms with E-state index in [1.54, 1.807) is 0 Å². The molecule has 132 valence electrons. The Labute approximate surface area is 153 Å². The first kappa shape index (κ1) is 16.6. The maximum Gasteiger partial charge on any atom is 0.241 e. The molecule has 1 aromatic heterocycles. The minimum Gasteiger partial charge on any atom is -0.347 e. The van der Waals surface area contributed by atoms with Crippen molar-refractivity contribution in [2.24, 2.45) is 0 Å². The fraction of sp³-hybridized carbons (Fsp3) is 0.273. The standard InChI is InChI=1S/C22H22N2O2/c1-3-11-23-14-19(17-9-4-5-10-20(17)23)18-13-21(25)24(22(18)26)16-8-6-7-15(2)12-16/h4-10,12,14,18H,3,11,13H2,1-2H3/t18-/m1/s1. The number of benzene rings is 2. The van der Waals surface area contributed by atoms with Gasteiger partial charge in [-0.2, -0.15) is 0 Å². The molecule has 1 fully saturated rings. The lowest BCUT2D eigenvalue weighted by Gasteiger charge is -2.15. The van der Waals surface area contributed by atoms with Crippen molar-refractivity contribution in [1.29, 1.82) is 0 Å². The number of amides is 2. The lowest BCUT2D eigenvalue weighted by molar-refractivity contribution is -0.121. The molecule has 1 aliphatic rings. The van der Waals surface area contributed by atoms with Crippen LogP contribution in [0.2, 0.25) is 0 Å². The molecule has 4 rings (SSSR count). The fourth-order valence-electron chi connectivity index (χ4n) is 3.89.